The van der Waals surface area contributed by atoms with E-state index < -0.39 is 10.0 Å². The molecule has 1 aliphatic carbocycles. The molecule has 0 bridgehead atoms. The van der Waals surface area contributed by atoms with Crippen LogP contribution in [0.3, 0.4) is 0 Å². The molecule has 4 rings (SSSR count). The molecule has 2 saturated heterocycles. The second-order valence-electron chi connectivity index (χ2n) is 8.08. The highest BCUT2D eigenvalue weighted by Gasteiger charge is 2.40. The molecule has 3 aliphatic rings. The maximum absolute atomic E-state index is 12.5. The lowest BCUT2D eigenvalue weighted by Crippen LogP contribution is -2.63. The summed E-state index contributed by atoms with van der Waals surface area (Å²) in [6.45, 7) is 2.44. The minimum Gasteiger partial charge on any atom is -0.381 e. The van der Waals surface area contributed by atoms with E-state index in [1.165, 1.54) is 17.0 Å². The van der Waals surface area contributed by atoms with Crippen LogP contribution < -0.4 is 0 Å². The molecule has 1 aromatic rings. The SMILES string of the molecule is CS(=O)(=O)N(CCc1noc(C2CCC2)n1)C1CN(C(=O)C2CCOCC2)C1. The van der Waals surface area contributed by atoms with Crippen molar-refractivity contribution in [1.82, 2.24) is 19.3 Å². The topological polar surface area (TPSA) is 106 Å². The van der Waals surface area contributed by atoms with Crippen LogP contribution in [-0.2, 0) is 26.0 Å². The molecule has 1 saturated carbocycles. The van der Waals surface area contributed by atoms with Gasteiger partial charge in [0.1, 0.15) is 0 Å². The molecule has 28 heavy (non-hydrogen) atoms. The summed E-state index contributed by atoms with van der Waals surface area (Å²) >= 11 is 0. The van der Waals surface area contributed by atoms with Crippen molar-refractivity contribution in [3.63, 3.8) is 0 Å². The number of ether oxygens (including phenoxy) is 1. The Kier molecular flexibility index (Phi) is 5.71. The number of hydrogen-bond acceptors (Lipinski definition) is 7. The van der Waals surface area contributed by atoms with Crippen molar-refractivity contribution < 1.29 is 22.5 Å². The van der Waals surface area contributed by atoms with Gasteiger partial charge in [-0.15, -0.1) is 0 Å². The van der Waals surface area contributed by atoms with Gasteiger partial charge in [-0.25, -0.2) is 8.42 Å². The molecule has 156 valence electrons. The van der Waals surface area contributed by atoms with E-state index in [2.05, 4.69) is 10.1 Å². The van der Waals surface area contributed by atoms with Crippen LogP contribution >= 0.6 is 0 Å². The second kappa shape index (κ2) is 8.08. The lowest BCUT2D eigenvalue weighted by molar-refractivity contribution is -0.144. The Morgan fingerprint density at radius 3 is 2.54 bits per heavy atom. The van der Waals surface area contributed by atoms with Gasteiger partial charge in [0.05, 0.1) is 12.3 Å². The highest BCUT2D eigenvalue weighted by molar-refractivity contribution is 7.88. The molecule has 0 radical (unpaired) electrons. The van der Waals surface area contributed by atoms with Gasteiger partial charge in [0.25, 0.3) is 0 Å². The maximum Gasteiger partial charge on any atom is 0.229 e. The summed E-state index contributed by atoms with van der Waals surface area (Å²) in [5.74, 6) is 1.71. The Labute approximate surface area is 165 Å². The summed E-state index contributed by atoms with van der Waals surface area (Å²) in [7, 11) is -3.38. The van der Waals surface area contributed by atoms with Gasteiger partial charge in [-0.1, -0.05) is 11.6 Å². The summed E-state index contributed by atoms with van der Waals surface area (Å²) in [5, 5.41) is 4.00. The number of carbonyl (C=O) groups is 1. The van der Waals surface area contributed by atoms with Gasteiger partial charge >= 0.3 is 0 Å². The number of rotatable bonds is 7. The molecule has 10 heteroatoms. The van der Waals surface area contributed by atoms with Gasteiger partial charge in [0.2, 0.25) is 21.8 Å². The third kappa shape index (κ3) is 4.23. The number of carbonyl (C=O) groups excluding carboxylic acids is 1. The van der Waals surface area contributed by atoms with Crippen molar-refractivity contribution in [2.24, 2.45) is 5.92 Å². The molecule has 0 spiro atoms. The predicted octanol–water partition coefficient (Wildman–Crippen LogP) is 0.779. The zero-order chi connectivity index (χ0) is 19.7. The van der Waals surface area contributed by atoms with E-state index in [0.717, 1.165) is 25.7 Å². The zero-order valence-corrected chi connectivity index (χ0v) is 17.1. The number of sulfonamides is 1. The summed E-state index contributed by atoms with van der Waals surface area (Å²) < 4.78 is 36.6. The van der Waals surface area contributed by atoms with Gasteiger partial charge in [0.15, 0.2) is 5.82 Å². The van der Waals surface area contributed by atoms with E-state index in [-0.39, 0.29) is 17.9 Å². The van der Waals surface area contributed by atoms with Crippen LogP contribution in [0.2, 0.25) is 0 Å². The molecule has 0 unspecified atom stereocenters. The zero-order valence-electron chi connectivity index (χ0n) is 16.2. The molecular formula is C18H28N4O5S. The van der Waals surface area contributed by atoms with E-state index in [1.54, 1.807) is 4.90 Å². The number of nitrogens with zero attached hydrogens (tertiary/aromatic N) is 4. The van der Waals surface area contributed by atoms with Crippen molar-refractivity contribution >= 4 is 15.9 Å². The Balaban J connectivity index is 1.31. The van der Waals surface area contributed by atoms with E-state index in [0.29, 0.717) is 56.9 Å². The molecule has 2 aliphatic heterocycles. The maximum atomic E-state index is 12.5. The number of aromatic nitrogens is 2. The van der Waals surface area contributed by atoms with E-state index in [4.69, 9.17) is 9.26 Å². The number of likely N-dealkylation sites (tertiary alicyclic amines) is 1. The third-order valence-electron chi connectivity index (χ3n) is 6.07. The smallest absolute Gasteiger partial charge is 0.229 e. The first-order valence-electron chi connectivity index (χ1n) is 10.1. The van der Waals surface area contributed by atoms with Gasteiger partial charge in [-0.05, 0) is 25.7 Å². The highest BCUT2D eigenvalue weighted by Crippen LogP contribution is 2.35. The molecule has 1 aromatic heterocycles. The first-order chi connectivity index (χ1) is 13.4. The molecule has 0 atom stereocenters. The third-order valence-corrected chi connectivity index (χ3v) is 7.40. The molecule has 9 nitrogen and oxygen atoms in total. The minimum absolute atomic E-state index is 0.00522. The number of hydrogen-bond donors (Lipinski definition) is 0. The largest absolute Gasteiger partial charge is 0.381 e. The average Bonchev–Trinajstić information content (AvgIpc) is 3.02. The molecule has 0 aromatic carbocycles. The fourth-order valence-corrected chi connectivity index (χ4v) is 5.14. The highest BCUT2D eigenvalue weighted by atomic mass is 32.2. The van der Waals surface area contributed by atoms with Crippen LogP contribution in [0, 0.1) is 5.92 Å². The van der Waals surface area contributed by atoms with Crippen LogP contribution in [0.4, 0.5) is 0 Å². The summed E-state index contributed by atoms with van der Waals surface area (Å²) in [4.78, 5) is 18.7. The Hall–Kier alpha value is -1.52. The van der Waals surface area contributed by atoms with Gasteiger partial charge in [-0.3, -0.25) is 4.79 Å². The molecule has 3 fully saturated rings. The van der Waals surface area contributed by atoms with Crippen molar-refractivity contribution in [2.75, 3.05) is 39.1 Å². The van der Waals surface area contributed by atoms with Crippen LogP contribution in [0.1, 0.15) is 49.7 Å². The lowest BCUT2D eigenvalue weighted by Gasteiger charge is -2.45. The van der Waals surface area contributed by atoms with Crippen molar-refractivity contribution in [3.8, 4) is 0 Å². The summed E-state index contributed by atoms with van der Waals surface area (Å²) in [6.07, 6.45) is 6.47. The van der Waals surface area contributed by atoms with E-state index >= 15 is 0 Å². The van der Waals surface area contributed by atoms with Gasteiger partial charge in [0, 0.05) is 51.1 Å². The fraction of sp³-hybridized carbons (Fsp3) is 0.833. The summed E-state index contributed by atoms with van der Waals surface area (Å²) in [6, 6.07) is -0.184. The first kappa shape index (κ1) is 19.8. The van der Waals surface area contributed by atoms with Crippen molar-refractivity contribution in [2.45, 2.75) is 50.5 Å². The molecule has 0 N–H and O–H groups in total. The van der Waals surface area contributed by atoms with Crippen LogP contribution in [0.5, 0.6) is 0 Å². The van der Waals surface area contributed by atoms with Crippen LogP contribution in [0.15, 0.2) is 4.52 Å². The van der Waals surface area contributed by atoms with E-state index in [1.807, 2.05) is 0 Å². The minimum atomic E-state index is -3.38. The molecule has 3 heterocycles. The monoisotopic (exact) mass is 412 g/mol. The molecule has 1 amide bonds. The van der Waals surface area contributed by atoms with E-state index in [9.17, 15) is 13.2 Å². The number of amides is 1. The summed E-state index contributed by atoms with van der Waals surface area (Å²) in [5.41, 5.74) is 0. The lowest BCUT2D eigenvalue weighted by atomic mass is 9.85. The Morgan fingerprint density at radius 2 is 1.93 bits per heavy atom. The Bertz CT molecular complexity index is 795. The molecular weight excluding hydrogens is 384 g/mol. The Morgan fingerprint density at radius 1 is 1.21 bits per heavy atom. The standard InChI is InChI=1S/C18H28N4O5S/c1-28(24,25)22(8-5-16-19-17(27-20-16)13-3-2-4-13)15-11-21(12-15)18(23)14-6-9-26-10-7-14/h13-15H,2-12H2,1H3. The van der Waals surface area contributed by atoms with Gasteiger partial charge in [-0.2, -0.15) is 9.29 Å². The first-order valence-corrected chi connectivity index (χ1v) is 11.9. The van der Waals surface area contributed by atoms with Gasteiger partial charge < -0.3 is 14.2 Å². The normalized spacial score (nSPS) is 22.3. The van der Waals surface area contributed by atoms with Crippen LogP contribution in [0.25, 0.3) is 0 Å². The fourth-order valence-electron chi connectivity index (χ4n) is 4.04. The van der Waals surface area contributed by atoms with Crippen molar-refractivity contribution in [3.05, 3.63) is 11.7 Å². The van der Waals surface area contributed by atoms with Crippen LogP contribution in [-0.4, -0.2) is 78.8 Å². The van der Waals surface area contributed by atoms with Crippen molar-refractivity contribution in [1.29, 1.82) is 0 Å². The quantitative estimate of drug-likeness (QED) is 0.651. The predicted molar refractivity (Wildman–Crippen MR) is 100 cm³/mol. The second-order valence-corrected chi connectivity index (χ2v) is 10.0. The average molecular weight is 413 g/mol.